The third-order valence-corrected chi connectivity index (χ3v) is 3.95. The van der Waals surface area contributed by atoms with Crippen molar-refractivity contribution in [2.75, 3.05) is 6.61 Å². The number of hydrogen-bond acceptors (Lipinski definition) is 3. The molecule has 0 aromatic carbocycles. The molecule has 0 amide bonds. The van der Waals surface area contributed by atoms with Crippen LogP contribution in [0.25, 0.3) is 0 Å². The van der Waals surface area contributed by atoms with Crippen LogP contribution in [-0.4, -0.2) is 29.7 Å². The number of allylic oxidation sites excluding steroid dienone is 2. The van der Waals surface area contributed by atoms with Crippen LogP contribution >= 0.6 is 0 Å². The summed E-state index contributed by atoms with van der Waals surface area (Å²) in [5, 5.41) is 9.25. The molecule has 0 spiro atoms. The first-order valence-corrected chi connectivity index (χ1v) is 6.66. The topological polar surface area (TPSA) is 49.8 Å². The smallest absolute Gasteiger partial charge is 0.163 e. The number of aliphatic hydroxyl groups is 1. The number of ether oxygens (including phenoxy) is 1. The number of fused-ring (bicyclic) bond motifs is 1. The average Bonchev–Trinajstić information content (AvgIpc) is 3.10. The Morgan fingerprint density at radius 2 is 2.28 bits per heavy atom. The number of Topliss-reactive ketones (excluding diaryl/α,β-unsaturated/α-hetero) is 1. The van der Waals surface area contributed by atoms with Crippen molar-refractivity contribution in [3.63, 3.8) is 0 Å². The molecule has 0 aromatic heterocycles. The maximum Gasteiger partial charge on any atom is 0.163 e. The zero-order valence-electron chi connectivity index (χ0n) is 11.4. The molecule has 100 valence electrons. The van der Waals surface area contributed by atoms with E-state index in [1.807, 2.05) is 13.8 Å². The number of aliphatic hydroxyl groups excluding tert-OH is 1. The highest BCUT2D eigenvalue weighted by atomic mass is 16.6. The summed E-state index contributed by atoms with van der Waals surface area (Å²) in [7, 11) is 0. The zero-order chi connectivity index (χ0) is 13.3. The molecule has 0 bridgehead atoms. The largest absolute Gasteiger partial charge is 0.392 e. The second-order valence-corrected chi connectivity index (χ2v) is 5.62. The summed E-state index contributed by atoms with van der Waals surface area (Å²) in [4.78, 5) is 12.2. The van der Waals surface area contributed by atoms with E-state index < -0.39 is 0 Å². The van der Waals surface area contributed by atoms with Crippen molar-refractivity contribution in [2.24, 2.45) is 5.92 Å². The lowest BCUT2D eigenvalue weighted by molar-refractivity contribution is -0.115. The monoisotopic (exact) mass is 250 g/mol. The van der Waals surface area contributed by atoms with Crippen molar-refractivity contribution in [3.05, 3.63) is 22.8 Å². The van der Waals surface area contributed by atoms with Crippen LogP contribution in [0.1, 0.15) is 40.0 Å². The molecule has 1 aliphatic heterocycles. The van der Waals surface area contributed by atoms with Crippen LogP contribution in [0.2, 0.25) is 0 Å². The summed E-state index contributed by atoms with van der Waals surface area (Å²) in [6.45, 7) is 5.99. The van der Waals surface area contributed by atoms with Gasteiger partial charge in [-0.25, -0.2) is 0 Å². The molecule has 2 rings (SSSR count). The fourth-order valence-corrected chi connectivity index (χ4v) is 2.60. The molecule has 2 aliphatic rings. The summed E-state index contributed by atoms with van der Waals surface area (Å²) >= 11 is 0. The normalized spacial score (nSPS) is 38.6. The van der Waals surface area contributed by atoms with Crippen LogP contribution in [0.15, 0.2) is 22.8 Å². The molecule has 18 heavy (non-hydrogen) atoms. The van der Waals surface area contributed by atoms with E-state index in [4.69, 9.17) is 4.74 Å². The molecule has 3 heteroatoms. The Labute approximate surface area is 109 Å². The molecular weight excluding hydrogens is 228 g/mol. The van der Waals surface area contributed by atoms with Crippen molar-refractivity contribution in [1.29, 1.82) is 0 Å². The Bertz CT molecular complexity index is 406. The summed E-state index contributed by atoms with van der Waals surface area (Å²) in [5.41, 5.74) is 2.68. The van der Waals surface area contributed by atoms with Crippen LogP contribution in [0.5, 0.6) is 0 Å². The van der Waals surface area contributed by atoms with Gasteiger partial charge in [-0.15, -0.1) is 0 Å². The number of hydrogen-bond donors (Lipinski definition) is 1. The molecule has 1 fully saturated rings. The van der Waals surface area contributed by atoms with Gasteiger partial charge in [0.2, 0.25) is 0 Å². The van der Waals surface area contributed by atoms with Gasteiger partial charge in [0.05, 0.1) is 18.8 Å². The van der Waals surface area contributed by atoms with Crippen molar-refractivity contribution in [1.82, 2.24) is 0 Å². The first-order chi connectivity index (χ1) is 8.52. The van der Waals surface area contributed by atoms with Gasteiger partial charge in [0.15, 0.2) is 5.78 Å². The highest BCUT2D eigenvalue weighted by Gasteiger charge is 2.43. The maximum atomic E-state index is 12.2. The minimum absolute atomic E-state index is 0.0449. The highest BCUT2D eigenvalue weighted by Crippen LogP contribution is 2.37. The second-order valence-electron chi connectivity index (χ2n) is 5.62. The van der Waals surface area contributed by atoms with E-state index in [1.54, 1.807) is 0 Å². The fourth-order valence-electron chi connectivity index (χ4n) is 2.60. The van der Waals surface area contributed by atoms with Crippen molar-refractivity contribution < 1.29 is 14.6 Å². The predicted octanol–water partition coefficient (Wildman–Crippen LogP) is 2.40. The van der Waals surface area contributed by atoms with Gasteiger partial charge in [0.1, 0.15) is 0 Å². The Hall–Kier alpha value is -0.930. The standard InChI is InChI=1S/C15H22O3/c1-9-4-5-10(2)15-14(18-15)7-12(11(3)8-16)13(17)6-9/h4,10,14-16H,5-8H2,1-3H3/b9-4+,12-11+/t10?,14-,15-/m0/s1. The van der Waals surface area contributed by atoms with E-state index in [1.165, 1.54) is 0 Å². The second kappa shape index (κ2) is 5.37. The van der Waals surface area contributed by atoms with Crippen molar-refractivity contribution in [3.8, 4) is 0 Å². The molecular formula is C15H22O3. The highest BCUT2D eigenvalue weighted by molar-refractivity contribution is 5.97. The predicted molar refractivity (Wildman–Crippen MR) is 70.2 cm³/mol. The van der Waals surface area contributed by atoms with Gasteiger partial charge in [0.25, 0.3) is 0 Å². The summed E-state index contributed by atoms with van der Waals surface area (Å²) in [6.07, 6.45) is 4.72. The molecule has 3 atom stereocenters. The maximum absolute atomic E-state index is 12.2. The van der Waals surface area contributed by atoms with E-state index in [0.717, 1.165) is 23.1 Å². The first-order valence-electron chi connectivity index (χ1n) is 6.66. The van der Waals surface area contributed by atoms with Crippen molar-refractivity contribution in [2.45, 2.75) is 52.2 Å². The van der Waals surface area contributed by atoms with Crippen LogP contribution in [0.4, 0.5) is 0 Å². The minimum atomic E-state index is -0.0449. The Balaban J connectivity index is 2.25. The van der Waals surface area contributed by atoms with E-state index in [9.17, 15) is 9.90 Å². The molecule has 3 nitrogen and oxygen atoms in total. The Morgan fingerprint density at radius 3 is 2.94 bits per heavy atom. The van der Waals surface area contributed by atoms with E-state index >= 15 is 0 Å². The van der Waals surface area contributed by atoms with Gasteiger partial charge >= 0.3 is 0 Å². The van der Waals surface area contributed by atoms with Gasteiger partial charge in [-0.1, -0.05) is 18.6 Å². The van der Waals surface area contributed by atoms with Crippen molar-refractivity contribution >= 4 is 5.78 Å². The molecule has 0 saturated carbocycles. The van der Waals surface area contributed by atoms with Gasteiger partial charge in [0, 0.05) is 12.8 Å². The quantitative estimate of drug-likeness (QED) is 0.441. The van der Waals surface area contributed by atoms with Crippen LogP contribution in [0.3, 0.4) is 0 Å². The number of carbonyl (C=O) groups is 1. The molecule has 1 unspecified atom stereocenters. The van der Waals surface area contributed by atoms with Crippen LogP contribution < -0.4 is 0 Å². The van der Waals surface area contributed by atoms with Gasteiger partial charge in [-0.3, -0.25) is 4.79 Å². The SMILES string of the molecule is C/C1=C\CC(C)[C@@H]2O[C@H]2C/C(=C(/C)CO)C(=O)C1. The number of carbonyl (C=O) groups excluding carboxylic acids is 1. The molecule has 0 radical (unpaired) electrons. The number of epoxide rings is 1. The lowest BCUT2D eigenvalue weighted by Gasteiger charge is -2.13. The van der Waals surface area contributed by atoms with Crippen LogP contribution in [-0.2, 0) is 9.53 Å². The zero-order valence-corrected chi connectivity index (χ0v) is 11.4. The number of rotatable bonds is 1. The first kappa shape index (κ1) is 13.5. The minimum Gasteiger partial charge on any atom is -0.392 e. The molecule has 1 heterocycles. The Kier molecular flexibility index (Phi) is 4.03. The number of ketones is 1. The molecule has 0 aromatic rings. The Morgan fingerprint density at radius 1 is 1.56 bits per heavy atom. The van der Waals surface area contributed by atoms with Gasteiger partial charge in [-0.2, -0.15) is 0 Å². The lowest BCUT2D eigenvalue weighted by atomic mass is 9.90. The lowest BCUT2D eigenvalue weighted by Crippen LogP contribution is -2.14. The average molecular weight is 250 g/mol. The fraction of sp³-hybridized carbons (Fsp3) is 0.667. The third kappa shape index (κ3) is 2.90. The molecule has 1 N–H and O–H groups in total. The van der Waals surface area contributed by atoms with E-state index in [0.29, 0.717) is 18.8 Å². The van der Waals surface area contributed by atoms with Crippen LogP contribution in [0, 0.1) is 5.92 Å². The van der Waals surface area contributed by atoms with Gasteiger partial charge < -0.3 is 9.84 Å². The molecule has 1 aliphatic carbocycles. The third-order valence-electron chi connectivity index (χ3n) is 3.95. The molecule has 1 saturated heterocycles. The summed E-state index contributed by atoms with van der Waals surface area (Å²) in [6, 6.07) is 0. The van der Waals surface area contributed by atoms with E-state index in [-0.39, 0.29) is 24.6 Å². The van der Waals surface area contributed by atoms with E-state index in [2.05, 4.69) is 13.0 Å². The summed E-state index contributed by atoms with van der Waals surface area (Å²) < 4.78 is 5.67. The summed E-state index contributed by atoms with van der Waals surface area (Å²) in [5.74, 6) is 0.646. The van der Waals surface area contributed by atoms with Gasteiger partial charge in [-0.05, 0) is 37.3 Å².